The highest BCUT2D eigenvalue weighted by atomic mass is 16.6. The third-order valence-electron chi connectivity index (χ3n) is 6.73. The molecule has 0 heterocycles. The first-order valence-corrected chi connectivity index (χ1v) is 13.0. The molecule has 0 saturated carbocycles. The Kier molecular flexibility index (Phi) is 10.3. The average molecular weight is 487 g/mol. The van der Waals surface area contributed by atoms with Crippen molar-refractivity contribution in [3.05, 3.63) is 107 Å². The Morgan fingerprint density at radius 2 is 1.14 bits per heavy atom. The lowest BCUT2D eigenvalue weighted by Gasteiger charge is -2.19. The third-order valence-corrected chi connectivity index (χ3v) is 6.73. The van der Waals surface area contributed by atoms with E-state index < -0.39 is 18.0 Å². The molecule has 0 radical (unpaired) electrons. The first-order valence-electron chi connectivity index (χ1n) is 13.0. The third kappa shape index (κ3) is 8.08. The van der Waals surface area contributed by atoms with Gasteiger partial charge in [-0.25, -0.2) is 9.59 Å². The standard InChI is InChI=1S/C32H38O4/c1-5-23(3)20-25-12-16-28(17-13-25)31(33)35-22-30(27-10-8-7-9-11-27)36-32(34)29-18-14-26(15-19-29)21-24(4)6-2/h7-19,23-24,30H,5-6,20-22H2,1-4H3/t23-,24-,30?/m1/s1. The maximum atomic E-state index is 12.9. The van der Waals surface area contributed by atoms with Gasteiger partial charge in [-0.1, -0.05) is 95.1 Å². The van der Waals surface area contributed by atoms with Gasteiger partial charge in [0.05, 0.1) is 11.1 Å². The van der Waals surface area contributed by atoms with Crippen molar-refractivity contribution in [3.8, 4) is 0 Å². The van der Waals surface area contributed by atoms with Gasteiger partial charge in [-0.3, -0.25) is 0 Å². The molecule has 3 rings (SSSR count). The summed E-state index contributed by atoms with van der Waals surface area (Å²) in [6.45, 7) is 8.73. The van der Waals surface area contributed by atoms with Crippen molar-refractivity contribution in [1.29, 1.82) is 0 Å². The first kappa shape index (κ1) is 27.2. The highest BCUT2D eigenvalue weighted by Gasteiger charge is 2.21. The molecular formula is C32H38O4. The fourth-order valence-corrected chi connectivity index (χ4v) is 3.95. The summed E-state index contributed by atoms with van der Waals surface area (Å²) in [5.74, 6) is 0.317. The maximum Gasteiger partial charge on any atom is 0.338 e. The van der Waals surface area contributed by atoms with Crippen molar-refractivity contribution in [3.63, 3.8) is 0 Å². The molecule has 0 saturated heterocycles. The Labute approximate surface area is 215 Å². The van der Waals surface area contributed by atoms with E-state index in [1.54, 1.807) is 24.3 Å². The number of hydrogen-bond donors (Lipinski definition) is 0. The van der Waals surface area contributed by atoms with Crippen LogP contribution in [0.2, 0.25) is 0 Å². The summed E-state index contributed by atoms with van der Waals surface area (Å²) in [6.07, 6.45) is 3.49. The molecule has 0 aromatic heterocycles. The summed E-state index contributed by atoms with van der Waals surface area (Å²) in [5.41, 5.74) is 4.14. The second-order valence-corrected chi connectivity index (χ2v) is 9.73. The lowest BCUT2D eigenvalue weighted by molar-refractivity contribution is -0.00133. The zero-order chi connectivity index (χ0) is 25.9. The van der Waals surface area contributed by atoms with Crippen LogP contribution in [0.3, 0.4) is 0 Å². The van der Waals surface area contributed by atoms with E-state index in [1.165, 1.54) is 11.1 Å². The van der Waals surface area contributed by atoms with Gasteiger partial charge in [0.2, 0.25) is 0 Å². The van der Waals surface area contributed by atoms with Gasteiger partial charge in [-0.15, -0.1) is 0 Å². The van der Waals surface area contributed by atoms with Gasteiger partial charge in [0.25, 0.3) is 0 Å². The molecule has 4 nitrogen and oxygen atoms in total. The second-order valence-electron chi connectivity index (χ2n) is 9.73. The molecule has 0 fully saturated rings. The van der Waals surface area contributed by atoms with E-state index in [1.807, 2.05) is 54.6 Å². The van der Waals surface area contributed by atoms with Gasteiger partial charge in [-0.05, 0) is 65.6 Å². The van der Waals surface area contributed by atoms with Crippen molar-refractivity contribution in [2.24, 2.45) is 11.8 Å². The smallest absolute Gasteiger partial charge is 0.338 e. The van der Waals surface area contributed by atoms with E-state index in [0.717, 1.165) is 31.2 Å². The van der Waals surface area contributed by atoms with Crippen molar-refractivity contribution in [2.45, 2.75) is 59.5 Å². The number of ether oxygens (including phenoxy) is 2. The van der Waals surface area contributed by atoms with E-state index in [4.69, 9.17) is 9.47 Å². The van der Waals surface area contributed by atoms with E-state index in [9.17, 15) is 9.59 Å². The molecule has 0 bridgehead atoms. The summed E-state index contributed by atoms with van der Waals surface area (Å²) in [4.78, 5) is 25.6. The molecule has 3 aromatic carbocycles. The average Bonchev–Trinajstić information content (AvgIpc) is 2.91. The van der Waals surface area contributed by atoms with Crippen molar-refractivity contribution in [2.75, 3.05) is 6.61 Å². The van der Waals surface area contributed by atoms with Crippen LogP contribution >= 0.6 is 0 Å². The number of rotatable bonds is 12. The van der Waals surface area contributed by atoms with Gasteiger partial charge >= 0.3 is 11.9 Å². The van der Waals surface area contributed by atoms with Gasteiger partial charge < -0.3 is 9.47 Å². The molecule has 0 spiro atoms. The normalized spacial score (nSPS) is 13.4. The largest absolute Gasteiger partial charge is 0.458 e. The number of carbonyl (C=O) groups excluding carboxylic acids is 2. The van der Waals surface area contributed by atoms with Gasteiger partial charge in [-0.2, -0.15) is 0 Å². The van der Waals surface area contributed by atoms with Crippen LogP contribution in [0, 0.1) is 11.8 Å². The van der Waals surface area contributed by atoms with E-state index in [0.29, 0.717) is 23.0 Å². The molecule has 190 valence electrons. The summed E-state index contributed by atoms with van der Waals surface area (Å²) < 4.78 is 11.4. The van der Waals surface area contributed by atoms with Crippen LogP contribution in [0.5, 0.6) is 0 Å². The first-order chi connectivity index (χ1) is 17.4. The summed E-state index contributed by atoms with van der Waals surface area (Å²) in [7, 11) is 0. The van der Waals surface area contributed by atoms with Gasteiger partial charge in [0.1, 0.15) is 6.61 Å². The Hall–Kier alpha value is -3.40. The summed E-state index contributed by atoms with van der Waals surface area (Å²) in [5, 5.41) is 0. The lowest BCUT2D eigenvalue weighted by Crippen LogP contribution is -2.19. The minimum Gasteiger partial charge on any atom is -0.458 e. The van der Waals surface area contributed by atoms with E-state index in [-0.39, 0.29) is 6.61 Å². The molecule has 0 aliphatic carbocycles. The van der Waals surface area contributed by atoms with Crippen molar-refractivity contribution >= 4 is 11.9 Å². The molecule has 0 N–H and O–H groups in total. The molecule has 36 heavy (non-hydrogen) atoms. The Bertz CT molecular complexity index is 1090. The van der Waals surface area contributed by atoms with Gasteiger partial charge in [0.15, 0.2) is 6.10 Å². The number of esters is 2. The van der Waals surface area contributed by atoms with Crippen LogP contribution in [0.25, 0.3) is 0 Å². The Morgan fingerprint density at radius 3 is 1.61 bits per heavy atom. The van der Waals surface area contributed by atoms with Gasteiger partial charge in [0, 0.05) is 0 Å². The molecule has 4 heteroatoms. The summed E-state index contributed by atoms with van der Waals surface area (Å²) in [6, 6.07) is 24.5. The minimum absolute atomic E-state index is 0.0602. The highest BCUT2D eigenvalue weighted by molar-refractivity contribution is 5.90. The number of benzene rings is 3. The minimum atomic E-state index is -0.702. The van der Waals surface area contributed by atoms with Crippen LogP contribution < -0.4 is 0 Å². The van der Waals surface area contributed by atoms with Crippen LogP contribution in [0.4, 0.5) is 0 Å². The quantitative estimate of drug-likeness (QED) is 0.247. The fourth-order valence-electron chi connectivity index (χ4n) is 3.95. The number of hydrogen-bond acceptors (Lipinski definition) is 4. The fraction of sp³-hybridized carbons (Fsp3) is 0.375. The number of carbonyl (C=O) groups is 2. The molecule has 0 amide bonds. The molecule has 3 aromatic rings. The SMILES string of the molecule is CC[C@@H](C)Cc1ccc(C(=O)OCC(OC(=O)c2ccc(C[C@H](C)CC)cc2)c2ccccc2)cc1. The summed E-state index contributed by atoms with van der Waals surface area (Å²) >= 11 is 0. The van der Waals surface area contributed by atoms with E-state index in [2.05, 4.69) is 27.7 Å². The molecular weight excluding hydrogens is 448 g/mol. The lowest BCUT2D eigenvalue weighted by atomic mass is 9.98. The van der Waals surface area contributed by atoms with E-state index >= 15 is 0 Å². The highest BCUT2D eigenvalue weighted by Crippen LogP contribution is 2.22. The van der Waals surface area contributed by atoms with Crippen LogP contribution in [0.15, 0.2) is 78.9 Å². The molecule has 0 aliphatic heterocycles. The molecule has 3 atom stereocenters. The predicted octanol–water partition coefficient (Wildman–Crippen LogP) is 7.62. The van der Waals surface area contributed by atoms with Crippen molar-refractivity contribution in [1.82, 2.24) is 0 Å². The predicted molar refractivity (Wildman–Crippen MR) is 144 cm³/mol. The van der Waals surface area contributed by atoms with Crippen LogP contribution in [0.1, 0.15) is 84.0 Å². The zero-order valence-corrected chi connectivity index (χ0v) is 21.9. The Balaban J connectivity index is 1.65. The molecule has 1 unspecified atom stereocenters. The monoisotopic (exact) mass is 486 g/mol. The maximum absolute atomic E-state index is 12.9. The van der Waals surface area contributed by atoms with Crippen LogP contribution in [-0.2, 0) is 22.3 Å². The Morgan fingerprint density at radius 1 is 0.667 bits per heavy atom. The van der Waals surface area contributed by atoms with Crippen molar-refractivity contribution < 1.29 is 19.1 Å². The second kappa shape index (κ2) is 13.6. The zero-order valence-electron chi connectivity index (χ0n) is 21.9. The van der Waals surface area contributed by atoms with Crippen LogP contribution in [-0.4, -0.2) is 18.5 Å². The molecule has 0 aliphatic rings. The topological polar surface area (TPSA) is 52.6 Å².